The molecule has 0 fully saturated rings. The van der Waals surface area contributed by atoms with E-state index in [2.05, 4.69) is 6.58 Å². The van der Waals surface area contributed by atoms with Crippen molar-refractivity contribution in [3.05, 3.63) is 12.7 Å². The molecule has 0 amide bonds. The fourth-order valence-electron chi connectivity index (χ4n) is 0.745. The maximum atomic E-state index is 11.0. The van der Waals surface area contributed by atoms with Gasteiger partial charge in [0.15, 0.2) is 5.78 Å². The van der Waals surface area contributed by atoms with Crippen molar-refractivity contribution in [1.82, 2.24) is 0 Å². The van der Waals surface area contributed by atoms with Crippen molar-refractivity contribution < 1.29 is 4.79 Å². The maximum absolute atomic E-state index is 11.0. The first kappa shape index (κ1) is 12.2. The molecule has 13 heavy (non-hydrogen) atoms. The SMILES string of the molecule is C=CC(=O)C(N)CC(N)C(N)(N)N. The van der Waals surface area contributed by atoms with E-state index in [1.54, 1.807) is 0 Å². The van der Waals surface area contributed by atoms with Gasteiger partial charge in [0.2, 0.25) is 0 Å². The van der Waals surface area contributed by atoms with Gasteiger partial charge in [-0.2, -0.15) is 0 Å². The van der Waals surface area contributed by atoms with Gasteiger partial charge in [0.25, 0.3) is 0 Å². The summed E-state index contributed by atoms with van der Waals surface area (Å²) in [6.07, 6.45) is 1.26. The van der Waals surface area contributed by atoms with Gasteiger partial charge in [0.1, 0.15) is 5.79 Å². The van der Waals surface area contributed by atoms with Crippen LogP contribution in [-0.4, -0.2) is 23.7 Å². The van der Waals surface area contributed by atoms with E-state index in [0.717, 1.165) is 6.08 Å². The molecule has 6 heteroatoms. The topological polar surface area (TPSA) is 147 Å². The highest BCUT2D eigenvalue weighted by Gasteiger charge is 2.26. The van der Waals surface area contributed by atoms with E-state index < -0.39 is 17.9 Å². The molecule has 0 aromatic carbocycles. The molecule has 0 aromatic heterocycles. The molecular weight excluding hydrogens is 170 g/mol. The van der Waals surface area contributed by atoms with Gasteiger partial charge in [-0.1, -0.05) is 6.58 Å². The number of carbonyl (C=O) groups is 1. The van der Waals surface area contributed by atoms with Gasteiger partial charge in [-0.15, -0.1) is 0 Å². The Morgan fingerprint density at radius 1 is 1.38 bits per heavy atom. The predicted molar refractivity (Wildman–Crippen MR) is 51.1 cm³/mol. The Kier molecular flexibility index (Phi) is 4.18. The lowest BCUT2D eigenvalue weighted by Crippen LogP contribution is -2.70. The average Bonchev–Trinajstić information content (AvgIpc) is 2.01. The van der Waals surface area contributed by atoms with Crippen molar-refractivity contribution in [2.45, 2.75) is 24.3 Å². The largest absolute Gasteiger partial charge is 0.324 e. The van der Waals surface area contributed by atoms with Crippen LogP contribution in [0.15, 0.2) is 12.7 Å². The van der Waals surface area contributed by atoms with Crippen LogP contribution in [0.2, 0.25) is 0 Å². The number of hydrogen-bond donors (Lipinski definition) is 5. The van der Waals surface area contributed by atoms with Crippen LogP contribution in [0.3, 0.4) is 0 Å². The minimum absolute atomic E-state index is 0.133. The van der Waals surface area contributed by atoms with E-state index in [4.69, 9.17) is 28.7 Å². The fraction of sp³-hybridized carbons (Fsp3) is 0.571. The fourth-order valence-corrected chi connectivity index (χ4v) is 0.745. The molecule has 6 nitrogen and oxygen atoms in total. The lowest BCUT2D eigenvalue weighted by molar-refractivity contribution is -0.116. The predicted octanol–water partition coefficient (Wildman–Crippen LogP) is -2.68. The molecule has 76 valence electrons. The van der Waals surface area contributed by atoms with Crippen LogP contribution in [0.5, 0.6) is 0 Å². The average molecular weight is 187 g/mol. The van der Waals surface area contributed by atoms with Gasteiger partial charge >= 0.3 is 0 Å². The van der Waals surface area contributed by atoms with E-state index in [0.29, 0.717) is 0 Å². The van der Waals surface area contributed by atoms with Gasteiger partial charge in [0.05, 0.1) is 12.1 Å². The molecule has 2 atom stereocenters. The van der Waals surface area contributed by atoms with Crippen LogP contribution in [-0.2, 0) is 4.79 Å². The first-order chi connectivity index (χ1) is 5.79. The van der Waals surface area contributed by atoms with E-state index >= 15 is 0 Å². The first-order valence-corrected chi connectivity index (χ1v) is 3.83. The summed E-state index contributed by atoms with van der Waals surface area (Å²) in [5.74, 6) is -1.82. The van der Waals surface area contributed by atoms with Crippen molar-refractivity contribution in [3.8, 4) is 0 Å². The Morgan fingerprint density at radius 2 is 1.85 bits per heavy atom. The van der Waals surface area contributed by atoms with Crippen LogP contribution >= 0.6 is 0 Å². The van der Waals surface area contributed by atoms with Gasteiger partial charge in [-0.25, -0.2) is 0 Å². The normalized spacial score (nSPS) is 16.4. The summed E-state index contributed by atoms with van der Waals surface area (Å²) >= 11 is 0. The summed E-state index contributed by atoms with van der Waals surface area (Å²) in [6, 6.07) is -1.48. The summed E-state index contributed by atoms with van der Waals surface area (Å²) in [5.41, 5.74) is 26.9. The van der Waals surface area contributed by atoms with Crippen molar-refractivity contribution in [3.63, 3.8) is 0 Å². The van der Waals surface area contributed by atoms with Crippen LogP contribution in [0.25, 0.3) is 0 Å². The molecule has 0 bridgehead atoms. The van der Waals surface area contributed by atoms with Crippen molar-refractivity contribution in [2.24, 2.45) is 28.7 Å². The van der Waals surface area contributed by atoms with E-state index in [9.17, 15) is 4.79 Å². The first-order valence-electron chi connectivity index (χ1n) is 3.83. The highest BCUT2D eigenvalue weighted by molar-refractivity contribution is 5.93. The molecule has 0 saturated heterocycles. The Bertz CT molecular complexity index is 198. The van der Waals surface area contributed by atoms with Gasteiger partial charge < -0.3 is 11.5 Å². The third-order valence-corrected chi connectivity index (χ3v) is 1.72. The summed E-state index contributed by atoms with van der Waals surface area (Å²) in [4.78, 5) is 11.0. The third kappa shape index (κ3) is 4.11. The van der Waals surface area contributed by atoms with Crippen LogP contribution < -0.4 is 28.7 Å². The smallest absolute Gasteiger partial charge is 0.171 e. The Labute approximate surface area is 77.1 Å². The second-order valence-electron chi connectivity index (χ2n) is 3.06. The summed E-state index contributed by atoms with van der Waals surface area (Å²) in [6.45, 7) is 3.29. The summed E-state index contributed by atoms with van der Waals surface area (Å²) in [5, 5.41) is 0. The monoisotopic (exact) mass is 187 g/mol. The van der Waals surface area contributed by atoms with Crippen LogP contribution in [0.4, 0.5) is 0 Å². The summed E-state index contributed by atoms with van der Waals surface area (Å²) < 4.78 is 0. The van der Waals surface area contributed by atoms with E-state index in [-0.39, 0.29) is 12.2 Å². The standard InChI is InChI=1S/C7H17N5O/c1-2-5(13)4(8)3-6(9)7(10,11)12/h2,4,6H,1,3,8-12H2. The quantitative estimate of drug-likeness (QED) is 0.234. The van der Waals surface area contributed by atoms with Gasteiger partial charge in [-0.3, -0.25) is 22.0 Å². The van der Waals surface area contributed by atoms with Gasteiger partial charge in [0, 0.05) is 0 Å². The Hall–Kier alpha value is -0.790. The van der Waals surface area contributed by atoms with Crippen molar-refractivity contribution in [2.75, 3.05) is 0 Å². The zero-order valence-electron chi connectivity index (χ0n) is 7.44. The Balaban J connectivity index is 4.14. The number of rotatable bonds is 5. The molecule has 0 aromatic rings. The molecule has 0 aliphatic heterocycles. The molecule has 0 radical (unpaired) electrons. The second kappa shape index (κ2) is 4.45. The molecule has 0 aliphatic rings. The molecule has 10 N–H and O–H groups in total. The van der Waals surface area contributed by atoms with Crippen molar-refractivity contribution in [1.29, 1.82) is 0 Å². The van der Waals surface area contributed by atoms with Crippen molar-refractivity contribution >= 4 is 5.78 Å². The lowest BCUT2D eigenvalue weighted by Gasteiger charge is -2.27. The Morgan fingerprint density at radius 3 is 2.15 bits per heavy atom. The van der Waals surface area contributed by atoms with E-state index in [1.807, 2.05) is 0 Å². The lowest BCUT2D eigenvalue weighted by atomic mass is 10.0. The molecule has 2 unspecified atom stereocenters. The van der Waals surface area contributed by atoms with E-state index in [1.165, 1.54) is 0 Å². The second-order valence-corrected chi connectivity index (χ2v) is 3.06. The highest BCUT2D eigenvalue weighted by atomic mass is 16.1. The third-order valence-electron chi connectivity index (χ3n) is 1.72. The van der Waals surface area contributed by atoms with Gasteiger partial charge in [-0.05, 0) is 12.5 Å². The molecule has 0 rings (SSSR count). The highest BCUT2D eigenvalue weighted by Crippen LogP contribution is 2.00. The molecule has 0 heterocycles. The molecule has 0 spiro atoms. The minimum atomic E-state index is -1.51. The number of hydrogen-bond acceptors (Lipinski definition) is 6. The maximum Gasteiger partial charge on any atom is 0.171 e. The van der Waals surface area contributed by atoms with Crippen LogP contribution in [0.1, 0.15) is 6.42 Å². The zero-order chi connectivity index (χ0) is 10.6. The molecule has 0 aliphatic carbocycles. The number of ketones is 1. The van der Waals surface area contributed by atoms with Crippen LogP contribution in [0, 0.1) is 0 Å². The summed E-state index contributed by atoms with van der Waals surface area (Å²) in [7, 11) is 0. The number of nitrogens with two attached hydrogens (primary N) is 5. The molecule has 0 saturated carbocycles. The minimum Gasteiger partial charge on any atom is -0.324 e. The number of carbonyl (C=O) groups excluding carboxylic acids is 1. The molecular formula is C7H17N5O. The zero-order valence-corrected chi connectivity index (χ0v) is 7.44.